The average Bonchev–Trinajstić information content (AvgIpc) is 2.79. The number of hydrogen-bond acceptors (Lipinski definition) is 4. The Bertz CT molecular complexity index is 396. The molecule has 0 unspecified atom stereocenters. The molecule has 2 saturated carbocycles. The van der Waals surface area contributed by atoms with Crippen LogP contribution in [-0.2, 0) is 14.3 Å². The van der Waals surface area contributed by atoms with Gasteiger partial charge in [0.1, 0.15) is 0 Å². The number of rotatable bonds is 8. The third-order valence-corrected chi connectivity index (χ3v) is 6.49. The van der Waals surface area contributed by atoms with Crippen molar-refractivity contribution >= 4 is 5.97 Å². The Balaban J connectivity index is 1.63. The fourth-order valence-electron chi connectivity index (χ4n) is 4.20. The Hall–Kier alpha value is -0.610. The monoisotopic (exact) mass is 311 g/mol. The predicted octanol–water partition coefficient (Wildman–Crippen LogP) is 3.15. The van der Waals surface area contributed by atoms with Crippen LogP contribution in [-0.4, -0.2) is 37.9 Å². The van der Waals surface area contributed by atoms with Gasteiger partial charge in [-0.25, -0.2) is 0 Å². The lowest BCUT2D eigenvalue weighted by Crippen LogP contribution is -2.38. The quantitative estimate of drug-likeness (QED) is 0.552. The normalized spacial score (nSPS) is 33.9. The molecule has 0 aromatic carbocycles. The molecule has 128 valence electrons. The molecule has 4 heteroatoms. The fraction of sp³-hybridized carbons (Fsp3) is 0.944. The van der Waals surface area contributed by atoms with Crippen molar-refractivity contribution in [1.29, 1.82) is 0 Å². The lowest BCUT2D eigenvalue weighted by molar-refractivity contribution is -0.147. The summed E-state index contributed by atoms with van der Waals surface area (Å²) < 4.78 is 11.4. The minimum Gasteiger partial charge on any atom is -0.462 e. The number of carbonyl (C=O) groups is 1. The highest BCUT2D eigenvalue weighted by Gasteiger charge is 2.61. The van der Waals surface area contributed by atoms with E-state index in [9.17, 15) is 4.79 Å². The highest BCUT2D eigenvalue weighted by atomic mass is 16.5. The molecule has 2 bridgehead atoms. The summed E-state index contributed by atoms with van der Waals surface area (Å²) in [6.07, 6.45) is 5.05. The molecule has 0 aromatic heterocycles. The van der Waals surface area contributed by atoms with E-state index in [1.807, 2.05) is 13.8 Å². The Morgan fingerprint density at radius 1 is 1.36 bits per heavy atom. The Labute approximate surface area is 135 Å². The number of ether oxygens (including phenoxy) is 2. The van der Waals surface area contributed by atoms with Gasteiger partial charge in [-0.15, -0.1) is 0 Å². The maximum Gasteiger partial charge on any atom is 0.320 e. The van der Waals surface area contributed by atoms with Gasteiger partial charge in [-0.2, -0.15) is 0 Å². The van der Waals surface area contributed by atoms with Gasteiger partial charge in [0.2, 0.25) is 0 Å². The van der Waals surface area contributed by atoms with Crippen molar-refractivity contribution in [2.24, 2.45) is 16.7 Å². The number of fused-ring (bicyclic) bond motifs is 2. The van der Waals surface area contributed by atoms with E-state index >= 15 is 0 Å². The molecule has 2 aliphatic rings. The first-order valence-electron chi connectivity index (χ1n) is 8.83. The van der Waals surface area contributed by atoms with Crippen molar-refractivity contribution in [3.8, 4) is 0 Å². The first kappa shape index (κ1) is 17.7. The van der Waals surface area contributed by atoms with Gasteiger partial charge in [-0.1, -0.05) is 27.7 Å². The second kappa shape index (κ2) is 6.88. The third-order valence-electron chi connectivity index (χ3n) is 6.49. The molecule has 4 nitrogen and oxygen atoms in total. The van der Waals surface area contributed by atoms with Crippen molar-refractivity contribution in [2.45, 2.75) is 72.5 Å². The van der Waals surface area contributed by atoms with Crippen LogP contribution in [0.2, 0.25) is 0 Å². The van der Waals surface area contributed by atoms with E-state index < -0.39 is 0 Å². The van der Waals surface area contributed by atoms with E-state index in [1.165, 1.54) is 19.3 Å². The topological polar surface area (TPSA) is 47.6 Å². The Kier molecular flexibility index (Phi) is 5.54. The largest absolute Gasteiger partial charge is 0.462 e. The minimum atomic E-state index is -0.178. The van der Waals surface area contributed by atoms with Gasteiger partial charge in [0.05, 0.1) is 25.4 Å². The van der Waals surface area contributed by atoms with Crippen molar-refractivity contribution in [3.63, 3.8) is 0 Å². The van der Waals surface area contributed by atoms with Crippen LogP contribution < -0.4 is 5.32 Å². The summed E-state index contributed by atoms with van der Waals surface area (Å²) in [4.78, 5) is 11.5. The van der Waals surface area contributed by atoms with Crippen molar-refractivity contribution in [2.75, 3.05) is 19.7 Å². The third kappa shape index (κ3) is 3.33. The van der Waals surface area contributed by atoms with Gasteiger partial charge in [0.25, 0.3) is 0 Å². The number of nitrogens with one attached hydrogen (secondary N) is 1. The van der Waals surface area contributed by atoms with E-state index in [4.69, 9.17) is 9.47 Å². The Morgan fingerprint density at radius 2 is 2.09 bits per heavy atom. The van der Waals surface area contributed by atoms with Crippen LogP contribution in [0.15, 0.2) is 0 Å². The average molecular weight is 311 g/mol. The summed E-state index contributed by atoms with van der Waals surface area (Å²) in [6.45, 7) is 12.8. The maximum absolute atomic E-state index is 11.5. The molecule has 0 heterocycles. The first-order chi connectivity index (χ1) is 10.3. The molecule has 0 aromatic rings. The maximum atomic E-state index is 11.5. The minimum absolute atomic E-state index is 0.00164. The molecule has 4 atom stereocenters. The van der Waals surface area contributed by atoms with Gasteiger partial charge in [-0.3, -0.25) is 4.79 Å². The molecule has 0 aliphatic heterocycles. The highest BCUT2D eigenvalue weighted by Crippen LogP contribution is 2.66. The van der Waals surface area contributed by atoms with Crippen LogP contribution >= 0.6 is 0 Å². The smallest absolute Gasteiger partial charge is 0.320 e. The van der Waals surface area contributed by atoms with Crippen LogP contribution in [0.4, 0.5) is 0 Å². The van der Waals surface area contributed by atoms with E-state index in [-0.39, 0.29) is 18.6 Å². The molecule has 2 aliphatic carbocycles. The molecule has 1 N–H and O–H groups in total. The summed E-state index contributed by atoms with van der Waals surface area (Å²) in [7, 11) is 0. The standard InChI is InChI=1S/C18H33NO3/c1-6-13(2)22-16(20)12-19-9-10-21-15-11-14-7-8-18(15,5)17(14,3)4/h13-15,19H,6-12H2,1-5H3/t13-,14+,15-,18-/m1/s1. The van der Waals surface area contributed by atoms with Crippen LogP contribution in [0.25, 0.3) is 0 Å². The molecule has 0 saturated heterocycles. The molecule has 0 radical (unpaired) electrons. The molecule has 0 spiro atoms. The van der Waals surface area contributed by atoms with E-state index in [0.717, 1.165) is 12.3 Å². The summed E-state index contributed by atoms with van der Waals surface area (Å²) in [6, 6.07) is 0. The second-order valence-electron chi connectivity index (χ2n) is 7.86. The lowest BCUT2D eigenvalue weighted by atomic mass is 9.70. The molecule has 2 fully saturated rings. The van der Waals surface area contributed by atoms with Gasteiger partial charge < -0.3 is 14.8 Å². The SMILES string of the molecule is CC[C@@H](C)OC(=O)CNCCO[C@@H]1C[C@@H]2CC[C@@]1(C)C2(C)C. The van der Waals surface area contributed by atoms with Crippen LogP contribution in [0.1, 0.15) is 60.3 Å². The first-order valence-corrected chi connectivity index (χ1v) is 8.83. The van der Waals surface area contributed by atoms with Crippen molar-refractivity contribution in [3.05, 3.63) is 0 Å². The molecular formula is C18H33NO3. The fourth-order valence-corrected chi connectivity index (χ4v) is 4.20. The zero-order chi connectivity index (χ0) is 16.4. The summed E-state index contributed by atoms with van der Waals surface area (Å²) in [5, 5.41) is 3.12. The van der Waals surface area contributed by atoms with Gasteiger partial charge in [0.15, 0.2) is 0 Å². The lowest BCUT2D eigenvalue weighted by Gasteiger charge is -2.38. The summed E-state index contributed by atoms with van der Waals surface area (Å²) in [5.74, 6) is 0.628. The van der Waals surface area contributed by atoms with E-state index in [0.29, 0.717) is 30.1 Å². The van der Waals surface area contributed by atoms with Crippen molar-refractivity contribution < 1.29 is 14.3 Å². The second-order valence-corrected chi connectivity index (χ2v) is 7.86. The van der Waals surface area contributed by atoms with Crippen LogP contribution in [0.5, 0.6) is 0 Å². The number of hydrogen-bond donors (Lipinski definition) is 1. The zero-order valence-corrected chi connectivity index (χ0v) is 14.9. The van der Waals surface area contributed by atoms with Crippen molar-refractivity contribution in [1.82, 2.24) is 5.32 Å². The molecular weight excluding hydrogens is 278 g/mol. The van der Waals surface area contributed by atoms with E-state index in [2.05, 4.69) is 26.1 Å². The number of carbonyl (C=O) groups excluding carboxylic acids is 1. The van der Waals surface area contributed by atoms with Crippen LogP contribution in [0.3, 0.4) is 0 Å². The molecule has 22 heavy (non-hydrogen) atoms. The van der Waals surface area contributed by atoms with E-state index in [1.54, 1.807) is 0 Å². The predicted molar refractivity (Wildman–Crippen MR) is 87.7 cm³/mol. The highest BCUT2D eigenvalue weighted by molar-refractivity contribution is 5.71. The summed E-state index contributed by atoms with van der Waals surface area (Å²) in [5.41, 5.74) is 0.707. The Morgan fingerprint density at radius 3 is 2.64 bits per heavy atom. The summed E-state index contributed by atoms with van der Waals surface area (Å²) >= 11 is 0. The molecule has 0 amide bonds. The molecule has 2 rings (SSSR count). The zero-order valence-electron chi connectivity index (χ0n) is 14.9. The van der Waals surface area contributed by atoms with Gasteiger partial charge >= 0.3 is 5.97 Å². The van der Waals surface area contributed by atoms with Gasteiger partial charge in [0, 0.05) is 6.54 Å². The van der Waals surface area contributed by atoms with Gasteiger partial charge in [-0.05, 0) is 49.4 Å². The number of esters is 1. The van der Waals surface area contributed by atoms with Crippen LogP contribution in [0, 0.1) is 16.7 Å².